The molecular formula is C26H34O6. The number of aliphatic hydroxyl groups is 2. The Morgan fingerprint density at radius 1 is 1.09 bits per heavy atom. The Kier molecular flexibility index (Phi) is 3.85. The van der Waals surface area contributed by atoms with Crippen molar-refractivity contribution < 1.29 is 28.9 Å². The van der Waals surface area contributed by atoms with Crippen LogP contribution in [0.15, 0.2) is 35.2 Å². The van der Waals surface area contributed by atoms with Gasteiger partial charge in [0.2, 0.25) is 0 Å². The Bertz CT molecular complexity index is 998. The molecule has 1 saturated heterocycles. The predicted molar refractivity (Wildman–Crippen MR) is 116 cm³/mol. The van der Waals surface area contributed by atoms with Crippen molar-refractivity contribution in [2.75, 3.05) is 0 Å². The molecule has 4 fully saturated rings. The van der Waals surface area contributed by atoms with Crippen molar-refractivity contribution in [1.29, 1.82) is 0 Å². The van der Waals surface area contributed by atoms with E-state index in [4.69, 9.17) is 13.9 Å². The third-order valence-corrected chi connectivity index (χ3v) is 10.7. The van der Waals surface area contributed by atoms with Crippen LogP contribution in [0.1, 0.15) is 65.4 Å². The molecule has 6 rings (SSSR count). The SMILES string of the molecule is CC1(C)OC(=O)C=C[C@]2(C)[C@H]3CC[C@@]4(C)[C@H](c5ccoc5)[C@H](O)[C@H]5O[C@]54[C@]3(C)[C@H](O)C[C@@H]12. The Balaban J connectivity index is 1.51. The summed E-state index contributed by atoms with van der Waals surface area (Å²) in [6.07, 6.45) is 7.71. The van der Waals surface area contributed by atoms with Gasteiger partial charge in [-0.25, -0.2) is 4.79 Å². The molecule has 0 radical (unpaired) electrons. The number of epoxide rings is 1. The minimum Gasteiger partial charge on any atom is -0.472 e. The second-order valence-electron chi connectivity index (χ2n) is 12.1. The van der Waals surface area contributed by atoms with E-state index in [-0.39, 0.29) is 40.7 Å². The first kappa shape index (κ1) is 20.9. The Morgan fingerprint density at radius 3 is 2.53 bits per heavy atom. The van der Waals surface area contributed by atoms with E-state index in [1.54, 1.807) is 18.6 Å². The van der Waals surface area contributed by atoms with Gasteiger partial charge in [-0.3, -0.25) is 0 Å². The first-order valence-electron chi connectivity index (χ1n) is 11.9. The maximum atomic E-state index is 12.4. The third kappa shape index (κ3) is 2.07. The Hall–Kier alpha value is -1.63. The molecule has 1 spiro atoms. The molecular weight excluding hydrogens is 408 g/mol. The van der Waals surface area contributed by atoms with Crippen molar-refractivity contribution in [2.24, 2.45) is 28.1 Å². The summed E-state index contributed by atoms with van der Waals surface area (Å²) in [5, 5.41) is 23.2. The molecule has 32 heavy (non-hydrogen) atoms. The van der Waals surface area contributed by atoms with Gasteiger partial charge >= 0.3 is 5.97 Å². The highest BCUT2D eigenvalue weighted by molar-refractivity contribution is 5.83. The molecule has 1 aromatic heterocycles. The lowest BCUT2D eigenvalue weighted by molar-refractivity contribution is -0.233. The summed E-state index contributed by atoms with van der Waals surface area (Å²) < 4.78 is 17.7. The molecule has 3 saturated carbocycles. The molecule has 0 amide bonds. The van der Waals surface area contributed by atoms with Gasteiger partial charge in [0.1, 0.15) is 17.3 Å². The topological polar surface area (TPSA) is 92.4 Å². The van der Waals surface area contributed by atoms with Crippen molar-refractivity contribution in [2.45, 2.75) is 89.3 Å². The zero-order valence-corrected chi connectivity index (χ0v) is 19.5. The molecule has 3 heterocycles. The lowest BCUT2D eigenvalue weighted by atomic mass is 9.38. The van der Waals surface area contributed by atoms with Crippen LogP contribution in [0.4, 0.5) is 0 Å². The van der Waals surface area contributed by atoms with Crippen LogP contribution in [0.3, 0.4) is 0 Å². The largest absolute Gasteiger partial charge is 0.472 e. The quantitative estimate of drug-likeness (QED) is 0.510. The number of carbonyl (C=O) groups excluding carboxylic acids is 1. The fraction of sp³-hybridized carbons (Fsp3) is 0.731. The monoisotopic (exact) mass is 442 g/mol. The second kappa shape index (κ2) is 5.89. The van der Waals surface area contributed by atoms with E-state index in [0.717, 1.165) is 18.4 Å². The number of esters is 1. The number of hydrogen-bond acceptors (Lipinski definition) is 6. The number of furan rings is 1. The van der Waals surface area contributed by atoms with E-state index in [1.807, 2.05) is 26.0 Å². The first-order valence-corrected chi connectivity index (χ1v) is 11.9. The zero-order valence-electron chi connectivity index (χ0n) is 19.5. The fourth-order valence-electron chi connectivity index (χ4n) is 9.41. The average Bonchev–Trinajstić information content (AvgIpc) is 3.22. The van der Waals surface area contributed by atoms with Crippen molar-refractivity contribution in [3.05, 3.63) is 36.3 Å². The highest BCUT2D eigenvalue weighted by atomic mass is 16.6. The molecule has 6 nitrogen and oxygen atoms in total. The highest BCUT2D eigenvalue weighted by Gasteiger charge is 2.89. The van der Waals surface area contributed by atoms with Crippen LogP contribution in [-0.2, 0) is 14.3 Å². The summed E-state index contributed by atoms with van der Waals surface area (Å²) in [4.78, 5) is 12.4. The fourth-order valence-corrected chi connectivity index (χ4v) is 9.41. The maximum Gasteiger partial charge on any atom is 0.330 e. The van der Waals surface area contributed by atoms with Crippen LogP contribution in [0, 0.1) is 28.1 Å². The van der Waals surface area contributed by atoms with E-state index in [2.05, 4.69) is 20.8 Å². The molecule has 2 aliphatic heterocycles. The number of fused-ring (bicyclic) bond motifs is 3. The second-order valence-corrected chi connectivity index (χ2v) is 12.1. The average molecular weight is 443 g/mol. The van der Waals surface area contributed by atoms with E-state index >= 15 is 0 Å². The van der Waals surface area contributed by atoms with Crippen LogP contribution >= 0.6 is 0 Å². The van der Waals surface area contributed by atoms with Gasteiger partial charge < -0.3 is 24.1 Å². The number of hydrogen-bond donors (Lipinski definition) is 2. The molecule has 174 valence electrons. The minimum absolute atomic E-state index is 0.0141. The van der Waals surface area contributed by atoms with Crippen LogP contribution in [0.5, 0.6) is 0 Å². The van der Waals surface area contributed by atoms with Crippen molar-refractivity contribution in [3.8, 4) is 0 Å². The van der Waals surface area contributed by atoms with E-state index in [0.29, 0.717) is 6.42 Å². The third-order valence-electron chi connectivity index (χ3n) is 10.7. The first-order chi connectivity index (χ1) is 14.9. The molecule has 0 bridgehead atoms. The summed E-state index contributed by atoms with van der Waals surface area (Å²) in [5.74, 6) is -0.346. The molecule has 6 heteroatoms. The summed E-state index contributed by atoms with van der Waals surface area (Å²) >= 11 is 0. The molecule has 0 aromatic carbocycles. The van der Waals surface area contributed by atoms with Crippen LogP contribution < -0.4 is 0 Å². The normalized spacial score (nSPS) is 55.2. The standard InChI is InChI=1S/C26H34O6/c1-22(2)16-12-17(27)25(5)15(23(16,3)9-7-18(28)31-22)6-10-24(4)19(14-8-11-30-13-14)20(29)21-26(24,25)32-21/h7-9,11,13,15-17,19-21,27,29H,6,10,12H2,1-5H3/t15-,16+,17-,19-,20+,21-,23-,24+,25+,26-/m1/s1. The van der Waals surface area contributed by atoms with Gasteiger partial charge in [-0.1, -0.05) is 26.8 Å². The highest BCUT2D eigenvalue weighted by Crippen LogP contribution is 2.81. The van der Waals surface area contributed by atoms with Crippen molar-refractivity contribution >= 4 is 5.97 Å². The molecule has 1 aromatic rings. The van der Waals surface area contributed by atoms with Gasteiger partial charge in [-0.05, 0) is 56.1 Å². The summed E-state index contributed by atoms with van der Waals surface area (Å²) in [5.41, 5.74) is -1.53. The molecule has 2 N–H and O–H groups in total. The molecule has 10 atom stereocenters. The van der Waals surface area contributed by atoms with Crippen LogP contribution in [0.2, 0.25) is 0 Å². The Labute approximate surface area is 189 Å². The number of carbonyl (C=O) groups is 1. The lowest BCUT2D eigenvalue weighted by Crippen LogP contribution is -2.69. The van der Waals surface area contributed by atoms with Crippen LogP contribution in [-0.4, -0.2) is 45.7 Å². The van der Waals surface area contributed by atoms with Gasteiger partial charge in [0.05, 0.1) is 24.7 Å². The Morgan fingerprint density at radius 2 is 1.84 bits per heavy atom. The van der Waals surface area contributed by atoms with Crippen LogP contribution in [0.25, 0.3) is 0 Å². The predicted octanol–water partition coefficient (Wildman–Crippen LogP) is 3.58. The number of ether oxygens (including phenoxy) is 2. The zero-order chi connectivity index (χ0) is 22.9. The number of allylic oxidation sites excluding steroid dienone is 1. The molecule has 0 unspecified atom stereocenters. The van der Waals surface area contributed by atoms with Crippen molar-refractivity contribution in [1.82, 2.24) is 0 Å². The van der Waals surface area contributed by atoms with Crippen molar-refractivity contribution in [3.63, 3.8) is 0 Å². The summed E-state index contributed by atoms with van der Waals surface area (Å²) in [6, 6.07) is 1.94. The maximum absolute atomic E-state index is 12.4. The number of aliphatic hydroxyl groups excluding tert-OH is 2. The van der Waals surface area contributed by atoms with Gasteiger partial charge in [0.25, 0.3) is 0 Å². The van der Waals surface area contributed by atoms with E-state index in [9.17, 15) is 15.0 Å². The van der Waals surface area contributed by atoms with Gasteiger partial charge in [0, 0.05) is 28.7 Å². The van der Waals surface area contributed by atoms with E-state index in [1.165, 1.54) is 0 Å². The van der Waals surface area contributed by atoms with Gasteiger partial charge in [0.15, 0.2) is 0 Å². The minimum atomic E-state index is -0.686. The molecule has 5 aliphatic rings. The smallest absolute Gasteiger partial charge is 0.330 e. The van der Waals surface area contributed by atoms with Gasteiger partial charge in [-0.15, -0.1) is 0 Å². The molecule has 3 aliphatic carbocycles. The lowest BCUT2D eigenvalue weighted by Gasteiger charge is -2.66. The van der Waals surface area contributed by atoms with Gasteiger partial charge in [-0.2, -0.15) is 0 Å². The number of rotatable bonds is 1. The van der Waals surface area contributed by atoms with E-state index < -0.39 is 28.8 Å². The number of cyclic esters (lactones) is 1. The summed E-state index contributed by atoms with van der Waals surface area (Å²) in [6.45, 7) is 10.5. The summed E-state index contributed by atoms with van der Waals surface area (Å²) in [7, 11) is 0.